The molecular formula is C7H11N3O3. The average Bonchev–Trinajstić information content (AvgIpc) is 2.50. The Bertz CT molecular complexity index is 308. The molecule has 6 nitrogen and oxygen atoms in total. The fourth-order valence-corrected chi connectivity index (χ4v) is 0.743. The van der Waals surface area contributed by atoms with Gasteiger partial charge in [-0.25, -0.2) is 4.79 Å². The van der Waals surface area contributed by atoms with Gasteiger partial charge in [0.1, 0.15) is 0 Å². The predicted octanol–water partition coefficient (Wildman–Crippen LogP) is 0.424. The highest BCUT2D eigenvalue weighted by Gasteiger charge is 2.20. The number of rotatable bonds is 3. The van der Waals surface area contributed by atoms with E-state index in [1.54, 1.807) is 0 Å². The molecule has 0 unspecified atom stereocenters. The SMILES string of the molecule is CC(C)[C@H](N)c1nc(C(=O)O)no1. The third-order valence-corrected chi connectivity index (χ3v) is 1.64. The maximum absolute atomic E-state index is 10.4. The topological polar surface area (TPSA) is 102 Å². The highest BCUT2D eigenvalue weighted by molar-refractivity contribution is 5.82. The highest BCUT2D eigenvalue weighted by atomic mass is 16.5. The fourth-order valence-electron chi connectivity index (χ4n) is 0.743. The number of carboxylic acids is 1. The monoisotopic (exact) mass is 185 g/mol. The van der Waals surface area contributed by atoms with Gasteiger partial charge in [0, 0.05) is 0 Å². The Morgan fingerprint density at radius 3 is 2.62 bits per heavy atom. The molecule has 0 radical (unpaired) electrons. The van der Waals surface area contributed by atoms with Crippen molar-refractivity contribution in [2.45, 2.75) is 19.9 Å². The van der Waals surface area contributed by atoms with Crippen LogP contribution in [0.5, 0.6) is 0 Å². The smallest absolute Gasteiger partial charge is 0.377 e. The van der Waals surface area contributed by atoms with E-state index in [0.29, 0.717) is 0 Å². The Labute approximate surface area is 74.7 Å². The molecule has 0 aliphatic heterocycles. The lowest BCUT2D eigenvalue weighted by Crippen LogP contribution is -2.17. The van der Waals surface area contributed by atoms with Crippen molar-refractivity contribution in [1.29, 1.82) is 0 Å². The number of aromatic carboxylic acids is 1. The minimum atomic E-state index is -1.22. The summed E-state index contributed by atoms with van der Waals surface area (Å²) in [6.45, 7) is 3.77. The molecule has 3 N–H and O–H groups in total. The summed E-state index contributed by atoms with van der Waals surface area (Å²) in [5.41, 5.74) is 5.66. The average molecular weight is 185 g/mol. The minimum Gasteiger partial charge on any atom is -0.475 e. The van der Waals surface area contributed by atoms with Gasteiger partial charge in [0.25, 0.3) is 5.82 Å². The molecule has 0 aliphatic rings. The van der Waals surface area contributed by atoms with E-state index < -0.39 is 12.0 Å². The van der Waals surface area contributed by atoms with E-state index in [4.69, 9.17) is 10.8 Å². The molecular weight excluding hydrogens is 174 g/mol. The fraction of sp³-hybridized carbons (Fsp3) is 0.571. The summed E-state index contributed by atoms with van der Waals surface area (Å²) in [5.74, 6) is -1.29. The van der Waals surface area contributed by atoms with Gasteiger partial charge in [0.15, 0.2) is 0 Å². The van der Waals surface area contributed by atoms with Gasteiger partial charge in [-0.1, -0.05) is 13.8 Å². The molecule has 1 aromatic heterocycles. The molecule has 13 heavy (non-hydrogen) atoms. The third-order valence-electron chi connectivity index (χ3n) is 1.64. The molecule has 72 valence electrons. The first-order chi connectivity index (χ1) is 6.02. The summed E-state index contributed by atoms with van der Waals surface area (Å²) in [4.78, 5) is 14.0. The summed E-state index contributed by atoms with van der Waals surface area (Å²) < 4.78 is 4.68. The first-order valence-electron chi connectivity index (χ1n) is 3.85. The Kier molecular flexibility index (Phi) is 2.62. The number of hydrogen-bond acceptors (Lipinski definition) is 5. The van der Waals surface area contributed by atoms with Gasteiger partial charge in [0.05, 0.1) is 6.04 Å². The molecule has 1 rings (SSSR count). The summed E-state index contributed by atoms with van der Waals surface area (Å²) in [5, 5.41) is 11.7. The molecule has 0 fully saturated rings. The maximum Gasteiger partial charge on any atom is 0.377 e. The van der Waals surface area contributed by atoms with Crippen LogP contribution < -0.4 is 5.73 Å². The van der Waals surface area contributed by atoms with Crippen LogP contribution in [-0.4, -0.2) is 21.2 Å². The molecule has 0 aliphatic carbocycles. The van der Waals surface area contributed by atoms with E-state index >= 15 is 0 Å². The van der Waals surface area contributed by atoms with Crippen LogP contribution in [0.15, 0.2) is 4.52 Å². The highest BCUT2D eigenvalue weighted by Crippen LogP contribution is 2.16. The van der Waals surface area contributed by atoms with E-state index in [9.17, 15) is 4.79 Å². The number of nitrogens with zero attached hydrogens (tertiary/aromatic N) is 2. The van der Waals surface area contributed by atoms with Gasteiger partial charge in [-0.05, 0) is 11.1 Å². The normalized spacial score (nSPS) is 13.2. The number of hydrogen-bond donors (Lipinski definition) is 2. The van der Waals surface area contributed by atoms with Crippen molar-refractivity contribution in [2.75, 3.05) is 0 Å². The van der Waals surface area contributed by atoms with Gasteiger partial charge in [0.2, 0.25) is 5.89 Å². The first-order valence-corrected chi connectivity index (χ1v) is 3.85. The lowest BCUT2D eigenvalue weighted by Gasteiger charge is -2.08. The van der Waals surface area contributed by atoms with Crippen LogP contribution in [0, 0.1) is 5.92 Å². The molecule has 0 saturated carbocycles. The summed E-state index contributed by atoms with van der Waals surface area (Å²) in [7, 11) is 0. The van der Waals surface area contributed by atoms with Crippen molar-refractivity contribution in [3.8, 4) is 0 Å². The lowest BCUT2D eigenvalue weighted by molar-refractivity contribution is 0.0680. The van der Waals surface area contributed by atoms with Crippen LogP contribution in [0.1, 0.15) is 36.4 Å². The molecule has 1 atom stereocenters. The molecule has 0 spiro atoms. The van der Waals surface area contributed by atoms with Crippen molar-refractivity contribution in [2.24, 2.45) is 11.7 Å². The van der Waals surface area contributed by atoms with Gasteiger partial charge < -0.3 is 15.4 Å². The van der Waals surface area contributed by atoms with E-state index in [2.05, 4.69) is 14.7 Å². The van der Waals surface area contributed by atoms with Crippen LogP contribution in [0.25, 0.3) is 0 Å². The Hall–Kier alpha value is -1.43. The second-order valence-corrected chi connectivity index (χ2v) is 3.03. The molecule has 0 aromatic carbocycles. The molecule has 0 amide bonds. The lowest BCUT2D eigenvalue weighted by atomic mass is 10.1. The summed E-state index contributed by atoms with van der Waals surface area (Å²) in [6.07, 6.45) is 0. The third kappa shape index (κ3) is 2.03. The van der Waals surface area contributed by atoms with Crippen molar-refractivity contribution in [1.82, 2.24) is 10.1 Å². The maximum atomic E-state index is 10.4. The van der Waals surface area contributed by atoms with E-state index in [0.717, 1.165) is 0 Å². The van der Waals surface area contributed by atoms with Gasteiger partial charge in [-0.2, -0.15) is 4.98 Å². The zero-order valence-electron chi connectivity index (χ0n) is 7.39. The largest absolute Gasteiger partial charge is 0.475 e. The Morgan fingerprint density at radius 2 is 2.23 bits per heavy atom. The molecule has 1 aromatic rings. The number of aromatic nitrogens is 2. The Balaban J connectivity index is 2.85. The van der Waals surface area contributed by atoms with Gasteiger partial charge in [-0.15, -0.1) is 0 Å². The first kappa shape index (κ1) is 9.66. The van der Waals surface area contributed by atoms with Gasteiger partial charge >= 0.3 is 5.97 Å². The zero-order chi connectivity index (χ0) is 10.0. The van der Waals surface area contributed by atoms with E-state index in [-0.39, 0.29) is 17.6 Å². The molecule has 1 heterocycles. The number of nitrogens with two attached hydrogens (primary N) is 1. The van der Waals surface area contributed by atoms with Crippen LogP contribution in [0.4, 0.5) is 0 Å². The summed E-state index contributed by atoms with van der Waals surface area (Å²) in [6, 6.07) is -0.416. The quantitative estimate of drug-likeness (QED) is 0.707. The number of carboxylic acid groups (broad SMARTS) is 1. The van der Waals surface area contributed by atoms with E-state index in [1.807, 2.05) is 13.8 Å². The standard InChI is InChI=1S/C7H11N3O3/c1-3(2)4(8)6-9-5(7(11)12)10-13-6/h3-4H,8H2,1-2H3,(H,11,12)/t4-/m0/s1. The number of carbonyl (C=O) groups is 1. The van der Waals surface area contributed by atoms with Crippen LogP contribution in [0.3, 0.4) is 0 Å². The van der Waals surface area contributed by atoms with Crippen LogP contribution in [0.2, 0.25) is 0 Å². The minimum absolute atomic E-state index is 0.127. The Morgan fingerprint density at radius 1 is 1.62 bits per heavy atom. The van der Waals surface area contributed by atoms with Crippen molar-refractivity contribution in [3.63, 3.8) is 0 Å². The molecule has 0 saturated heterocycles. The molecule has 0 bridgehead atoms. The van der Waals surface area contributed by atoms with Crippen LogP contribution >= 0.6 is 0 Å². The summed E-state index contributed by atoms with van der Waals surface area (Å²) >= 11 is 0. The van der Waals surface area contributed by atoms with Gasteiger partial charge in [-0.3, -0.25) is 0 Å². The second kappa shape index (κ2) is 3.53. The van der Waals surface area contributed by atoms with Crippen LogP contribution in [-0.2, 0) is 0 Å². The predicted molar refractivity (Wildman–Crippen MR) is 43.0 cm³/mol. The van der Waals surface area contributed by atoms with Crippen molar-refractivity contribution >= 4 is 5.97 Å². The zero-order valence-corrected chi connectivity index (χ0v) is 7.39. The molecule has 6 heteroatoms. The second-order valence-electron chi connectivity index (χ2n) is 3.03. The van der Waals surface area contributed by atoms with Crippen molar-refractivity contribution < 1.29 is 14.4 Å². The van der Waals surface area contributed by atoms with Crippen molar-refractivity contribution in [3.05, 3.63) is 11.7 Å². The van der Waals surface area contributed by atoms with E-state index in [1.165, 1.54) is 0 Å².